The van der Waals surface area contributed by atoms with Gasteiger partial charge >= 0.3 is 0 Å². The van der Waals surface area contributed by atoms with Crippen LogP contribution in [0, 0.1) is 29.0 Å². The molecule has 6 heteroatoms. The molecule has 1 heterocycles. The zero-order chi connectivity index (χ0) is 21.5. The van der Waals surface area contributed by atoms with E-state index in [0.717, 1.165) is 37.7 Å². The molecule has 1 fully saturated rings. The molecule has 3 aliphatic rings. The molecule has 5 rings (SSSR count). The van der Waals surface area contributed by atoms with Gasteiger partial charge in [-0.15, -0.1) is 0 Å². The number of fused-ring (bicyclic) bond motifs is 1. The minimum atomic E-state index is -0.361. The Morgan fingerprint density at radius 2 is 2.13 bits per heavy atom. The van der Waals surface area contributed by atoms with Crippen molar-refractivity contribution in [3.63, 3.8) is 0 Å². The van der Waals surface area contributed by atoms with Gasteiger partial charge in [0.2, 0.25) is 5.91 Å². The SMILES string of the molecule is CC1CC(C(=O)N(C2CC2)C2CCc3[nH]ncc3C2)CC=C1c1c(F)cccc1C#N. The van der Waals surface area contributed by atoms with Crippen molar-refractivity contribution in [1.29, 1.82) is 5.26 Å². The van der Waals surface area contributed by atoms with Crippen molar-refractivity contribution in [2.75, 3.05) is 0 Å². The second-order valence-corrected chi connectivity index (χ2v) is 9.25. The smallest absolute Gasteiger partial charge is 0.226 e. The minimum absolute atomic E-state index is 0.0274. The van der Waals surface area contributed by atoms with Crippen molar-refractivity contribution < 1.29 is 9.18 Å². The fraction of sp³-hybridized carbons (Fsp3) is 0.480. The highest BCUT2D eigenvalue weighted by Gasteiger charge is 2.42. The van der Waals surface area contributed by atoms with Crippen LogP contribution in [0.3, 0.4) is 0 Å². The number of aromatic nitrogens is 2. The van der Waals surface area contributed by atoms with Crippen LogP contribution in [0.1, 0.15) is 61.4 Å². The quantitative estimate of drug-likeness (QED) is 0.800. The van der Waals surface area contributed by atoms with Crippen molar-refractivity contribution in [1.82, 2.24) is 15.1 Å². The molecule has 1 amide bonds. The number of carbonyl (C=O) groups excluding carboxylic acids is 1. The standard InChI is InChI=1S/C25H27FN4O/c1-15-11-16(5-9-21(15)24-17(13-27)3-2-4-22(24)26)25(31)30(19-6-7-19)20-8-10-23-18(12-20)14-28-29-23/h2-4,9,14-16,19-20H,5-8,10-12H2,1H3,(H,28,29). The zero-order valence-corrected chi connectivity index (χ0v) is 17.8. The number of rotatable bonds is 4. The van der Waals surface area contributed by atoms with Crippen LogP contribution in [-0.4, -0.2) is 33.1 Å². The van der Waals surface area contributed by atoms with Crippen LogP contribution >= 0.6 is 0 Å². The third-order valence-corrected chi connectivity index (χ3v) is 7.14. The summed E-state index contributed by atoms with van der Waals surface area (Å²) in [7, 11) is 0. The fourth-order valence-electron chi connectivity index (χ4n) is 5.44. The average Bonchev–Trinajstić information content (AvgIpc) is 3.49. The summed E-state index contributed by atoms with van der Waals surface area (Å²) in [6, 6.07) is 7.35. The lowest BCUT2D eigenvalue weighted by Crippen LogP contribution is -2.48. The highest BCUT2D eigenvalue weighted by Crippen LogP contribution is 2.41. The highest BCUT2D eigenvalue weighted by atomic mass is 19.1. The topological polar surface area (TPSA) is 72.8 Å². The molecular formula is C25H27FN4O. The van der Waals surface area contributed by atoms with Crippen molar-refractivity contribution in [2.24, 2.45) is 11.8 Å². The number of amides is 1. The summed E-state index contributed by atoms with van der Waals surface area (Å²) in [4.78, 5) is 15.8. The molecule has 5 nitrogen and oxygen atoms in total. The van der Waals surface area contributed by atoms with Crippen LogP contribution in [-0.2, 0) is 17.6 Å². The third-order valence-electron chi connectivity index (χ3n) is 7.14. The van der Waals surface area contributed by atoms with E-state index in [9.17, 15) is 14.4 Å². The van der Waals surface area contributed by atoms with Gasteiger partial charge in [-0.3, -0.25) is 9.89 Å². The molecule has 1 N–H and O–H groups in total. The minimum Gasteiger partial charge on any atom is -0.336 e. The molecule has 0 aliphatic heterocycles. The van der Waals surface area contributed by atoms with Gasteiger partial charge in [-0.1, -0.05) is 19.1 Å². The number of nitrogens with zero attached hydrogens (tertiary/aromatic N) is 3. The monoisotopic (exact) mass is 418 g/mol. The molecule has 0 spiro atoms. The number of hydrogen-bond donors (Lipinski definition) is 1. The van der Waals surface area contributed by atoms with E-state index in [1.165, 1.54) is 17.3 Å². The Labute approximate surface area is 181 Å². The predicted molar refractivity (Wildman–Crippen MR) is 115 cm³/mol. The molecule has 0 saturated heterocycles. The van der Waals surface area contributed by atoms with E-state index in [2.05, 4.69) is 21.2 Å². The molecule has 2 aromatic rings. The number of hydrogen-bond acceptors (Lipinski definition) is 3. The van der Waals surface area contributed by atoms with Crippen LogP contribution < -0.4 is 0 Å². The van der Waals surface area contributed by atoms with E-state index in [1.54, 1.807) is 12.1 Å². The van der Waals surface area contributed by atoms with Gasteiger partial charge in [-0.05, 0) is 74.1 Å². The molecule has 1 saturated carbocycles. The molecule has 160 valence electrons. The molecule has 1 aromatic carbocycles. The fourth-order valence-corrected chi connectivity index (χ4v) is 5.44. The lowest BCUT2D eigenvalue weighted by molar-refractivity contribution is -0.139. The van der Waals surface area contributed by atoms with Crippen LogP contribution in [0.2, 0.25) is 0 Å². The normalized spacial score (nSPS) is 25.3. The zero-order valence-electron chi connectivity index (χ0n) is 17.8. The summed E-state index contributed by atoms with van der Waals surface area (Å²) in [6.45, 7) is 2.04. The maximum absolute atomic E-state index is 14.6. The Hall–Kier alpha value is -2.94. The summed E-state index contributed by atoms with van der Waals surface area (Å²) in [5, 5.41) is 16.7. The summed E-state index contributed by atoms with van der Waals surface area (Å²) in [5.41, 5.74) is 4.06. The van der Waals surface area contributed by atoms with E-state index in [0.29, 0.717) is 30.0 Å². The van der Waals surface area contributed by atoms with Gasteiger partial charge in [0.15, 0.2) is 0 Å². The van der Waals surface area contributed by atoms with E-state index < -0.39 is 0 Å². The van der Waals surface area contributed by atoms with Crippen molar-refractivity contribution in [2.45, 2.75) is 64.0 Å². The summed E-state index contributed by atoms with van der Waals surface area (Å²) in [6.07, 6.45) is 10.1. The van der Waals surface area contributed by atoms with Gasteiger partial charge in [0.1, 0.15) is 5.82 Å². The number of benzene rings is 1. The largest absolute Gasteiger partial charge is 0.336 e. The number of aromatic amines is 1. The van der Waals surface area contributed by atoms with Crippen LogP contribution in [0.4, 0.5) is 4.39 Å². The van der Waals surface area contributed by atoms with Crippen molar-refractivity contribution >= 4 is 11.5 Å². The van der Waals surface area contributed by atoms with E-state index >= 15 is 0 Å². The second-order valence-electron chi connectivity index (χ2n) is 9.25. The summed E-state index contributed by atoms with van der Waals surface area (Å²) >= 11 is 0. The van der Waals surface area contributed by atoms with Crippen molar-refractivity contribution in [3.05, 3.63) is 58.7 Å². The molecule has 3 unspecified atom stereocenters. The number of aryl methyl sites for hydroxylation is 1. The first-order valence-corrected chi connectivity index (χ1v) is 11.3. The number of carbonyl (C=O) groups is 1. The molecule has 0 bridgehead atoms. The number of nitriles is 1. The molecular weight excluding hydrogens is 391 g/mol. The molecule has 1 aromatic heterocycles. The predicted octanol–water partition coefficient (Wildman–Crippen LogP) is 4.40. The average molecular weight is 419 g/mol. The molecule has 0 radical (unpaired) electrons. The number of allylic oxidation sites excluding steroid dienone is 2. The van der Waals surface area contributed by atoms with E-state index in [4.69, 9.17) is 0 Å². The summed E-state index contributed by atoms with van der Waals surface area (Å²) < 4.78 is 14.6. The molecule has 31 heavy (non-hydrogen) atoms. The van der Waals surface area contributed by atoms with Gasteiger partial charge < -0.3 is 4.90 Å². The Morgan fingerprint density at radius 1 is 1.29 bits per heavy atom. The first-order valence-electron chi connectivity index (χ1n) is 11.3. The maximum atomic E-state index is 14.6. The lowest BCUT2D eigenvalue weighted by atomic mass is 9.77. The summed E-state index contributed by atoms with van der Waals surface area (Å²) in [5.74, 6) is -0.169. The first kappa shape index (κ1) is 20.0. The number of halogens is 1. The Balaban J connectivity index is 1.37. The van der Waals surface area contributed by atoms with Gasteiger partial charge in [0.05, 0.1) is 17.8 Å². The molecule has 3 atom stereocenters. The Morgan fingerprint density at radius 3 is 2.87 bits per heavy atom. The van der Waals surface area contributed by atoms with Crippen LogP contribution in [0.5, 0.6) is 0 Å². The first-order chi connectivity index (χ1) is 15.1. The van der Waals surface area contributed by atoms with Crippen molar-refractivity contribution in [3.8, 4) is 6.07 Å². The molecule has 3 aliphatic carbocycles. The van der Waals surface area contributed by atoms with Gasteiger partial charge in [0, 0.05) is 29.3 Å². The third kappa shape index (κ3) is 3.67. The number of H-pyrrole nitrogens is 1. The van der Waals surface area contributed by atoms with E-state index in [1.807, 2.05) is 19.2 Å². The van der Waals surface area contributed by atoms with Gasteiger partial charge in [0.25, 0.3) is 0 Å². The Kier molecular flexibility index (Phi) is 5.13. The maximum Gasteiger partial charge on any atom is 0.226 e. The Bertz CT molecular complexity index is 1080. The lowest BCUT2D eigenvalue weighted by Gasteiger charge is -2.38. The highest BCUT2D eigenvalue weighted by molar-refractivity contribution is 5.82. The van der Waals surface area contributed by atoms with Crippen LogP contribution in [0.25, 0.3) is 5.57 Å². The number of nitrogens with one attached hydrogen (secondary N) is 1. The van der Waals surface area contributed by atoms with Crippen LogP contribution in [0.15, 0.2) is 30.5 Å². The van der Waals surface area contributed by atoms with Gasteiger partial charge in [-0.25, -0.2) is 4.39 Å². The second kappa shape index (κ2) is 7.96. The van der Waals surface area contributed by atoms with Gasteiger partial charge in [-0.2, -0.15) is 10.4 Å². The van der Waals surface area contributed by atoms with E-state index in [-0.39, 0.29) is 29.6 Å².